The van der Waals surface area contributed by atoms with Crippen molar-refractivity contribution in [1.29, 1.82) is 0 Å². The number of hydrogen-bond donors (Lipinski definition) is 1. The molecule has 2 atom stereocenters. The average molecular weight is 505 g/mol. The number of amides is 1. The van der Waals surface area contributed by atoms with Crippen LogP contribution in [0.1, 0.15) is 39.8 Å². The lowest BCUT2D eigenvalue weighted by Gasteiger charge is -2.42. The molecule has 9 heteroatoms. The molecule has 1 aliphatic rings. The van der Waals surface area contributed by atoms with Crippen LogP contribution in [0.15, 0.2) is 53.8 Å². The van der Waals surface area contributed by atoms with Crippen LogP contribution in [0.3, 0.4) is 0 Å². The Balaban J connectivity index is 1.59. The number of H-pyrrole nitrogens is 1. The maximum Gasteiger partial charge on any atom is 0.253 e. The van der Waals surface area contributed by atoms with E-state index >= 15 is 0 Å². The third-order valence-electron chi connectivity index (χ3n) is 5.92. The van der Waals surface area contributed by atoms with Gasteiger partial charge in [-0.3, -0.25) is 9.80 Å². The van der Waals surface area contributed by atoms with Gasteiger partial charge in [-0.05, 0) is 55.3 Å². The van der Waals surface area contributed by atoms with Gasteiger partial charge in [-0.2, -0.15) is 5.10 Å². The van der Waals surface area contributed by atoms with Crippen LogP contribution in [0, 0.1) is 6.92 Å². The molecule has 0 unspecified atom stereocenters. The second kappa shape index (κ2) is 10.2. The summed E-state index contributed by atoms with van der Waals surface area (Å²) in [5.74, 6) is 0.785. The number of carbonyl (C=O) groups excluding carboxylic acids is 1. The van der Waals surface area contributed by atoms with Crippen LogP contribution in [-0.2, 0) is 0 Å². The first-order chi connectivity index (χ1) is 15.8. The van der Waals surface area contributed by atoms with Crippen molar-refractivity contribution in [2.24, 2.45) is 5.10 Å². The van der Waals surface area contributed by atoms with Crippen LogP contribution >= 0.6 is 34.8 Å². The summed E-state index contributed by atoms with van der Waals surface area (Å²) in [6.07, 6.45) is 4.27. The number of likely N-dealkylation sites (N-methyl/N-ethyl adjacent to an activating group) is 1. The monoisotopic (exact) mass is 503 g/mol. The predicted molar refractivity (Wildman–Crippen MR) is 134 cm³/mol. The van der Waals surface area contributed by atoms with E-state index in [0.29, 0.717) is 33.7 Å². The number of piperidine rings is 1. The third kappa shape index (κ3) is 5.52. The number of hydrogen-bond acceptors (Lipinski definition) is 4. The van der Waals surface area contributed by atoms with Crippen LogP contribution in [0.5, 0.6) is 0 Å². The molecule has 1 fully saturated rings. The summed E-state index contributed by atoms with van der Waals surface area (Å²) >= 11 is 18.5. The van der Waals surface area contributed by atoms with Crippen molar-refractivity contribution in [3.8, 4) is 0 Å². The zero-order valence-electron chi connectivity index (χ0n) is 18.3. The van der Waals surface area contributed by atoms with Crippen molar-refractivity contribution in [1.82, 2.24) is 19.9 Å². The second-order valence-corrected chi connectivity index (χ2v) is 9.39. The van der Waals surface area contributed by atoms with Crippen LogP contribution in [0.25, 0.3) is 0 Å². The van der Waals surface area contributed by atoms with Gasteiger partial charge < -0.3 is 9.88 Å². The van der Waals surface area contributed by atoms with Gasteiger partial charge in [0.1, 0.15) is 5.82 Å². The Morgan fingerprint density at radius 2 is 1.94 bits per heavy atom. The summed E-state index contributed by atoms with van der Waals surface area (Å²) in [5.41, 5.74) is 2.46. The zero-order chi connectivity index (χ0) is 23.5. The topological polar surface area (TPSA) is 64.6 Å². The van der Waals surface area contributed by atoms with Crippen molar-refractivity contribution in [2.75, 3.05) is 20.1 Å². The number of benzene rings is 2. The molecule has 4 rings (SSSR count). The number of aryl methyl sites for hydroxylation is 1. The van der Waals surface area contributed by atoms with E-state index in [1.807, 2.05) is 36.0 Å². The summed E-state index contributed by atoms with van der Waals surface area (Å²) < 4.78 is 0. The lowest BCUT2D eigenvalue weighted by atomic mass is 9.85. The van der Waals surface area contributed by atoms with Gasteiger partial charge in [-0.25, -0.2) is 4.98 Å². The van der Waals surface area contributed by atoms with E-state index in [9.17, 15) is 4.79 Å². The fraction of sp³-hybridized carbons (Fsp3) is 0.292. The van der Waals surface area contributed by atoms with Crippen LogP contribution in [0.4, 0.5) is 0 Å². The Morgan fingerprint density at radius 3 is 2.61 bits per heavy atom. The minimum atomic E-state index is -0.0494. The molecule has 1 aliphatic heterocycles. The van der Waals surface area contributed by atoms with E-state index in [0.717, 1.165) is 23.5 Å². The maximum absolute atomic E-state index is 13.2. The van der Waals surface area contributed by atoms with E-state index in [2.05, 4.69) is 15.1 Å². The number of nitrogens with zero attached hydrogens (tertiary/aromatic N) is 4. The molecule has 2 aromatic carbocycles. The summed E-state index contributed by atoms with van der Waals surface area (Å²) in [6.45, 7) is 3.24. The molecular formula is C24H24Cl3N5O. The van der Waals surface area contributed by atoms with Crippen molar-refractivity contribution < 1.29 is 4.79 Å². The Kier molecular flexibility index (Phi) is 7.27. The number of aromatic nitrogens is 2. The van der Waals surface area contributed by atoms with E-state index in [1.165, 1.54) is 0 Å². The molecule has 33 heavy (non-hydrogen) atoms. The average Bonchev–Trinajstić information content (AvgIpc) is 3.24. The molecule has 0 spiro atoms. The zero-order valence-corrected chi connectivity index (χ0v) is 20.6. The molecule has 1 N–H and O–H groups in total. The maximum atomic E-state index is 13.2. The number of imidazole rings is 1. The highest BCUT2D eigenvalue weighted by Gasteiger charge is 2.35. The van der Waals surface area contributed by atoms with E-state index in [1.54, 1.807) is 42.7 Å². The van der Waals surface area contributed by atoms with E-state index < -0.39 is 0 Å². The smallest absolute Gasteiger partial charge is 0.253 e. The number of rotatable bonds is 5. The normalized spacial score (nSPS) is 18.6. The Labute approximate surface area is 208 Å². The molecule has 1 saturated heterocycles. The fourth-order valence-electron chi connectivity index (χ4n) is 4.16. The highest BCUT2D eigenvalue weighted by atomic mass is 35.5. The molecular weight excluding hydrogens is 481 g/mol. The molecule has 6 nitrogen and oxygen atoms in total. The molecule has 1 aromatic heterocycles. The van der Waals surface area contributed by atoms with Crippen molar-refractivity contribution >= 4 is 46.9 Å². The van der Waals surface area contributed by atoms with Gasteiger partial charge in [-0.1, -0.05) is 40.9 Å². The minimum absolute atomic E-state index is 0.00424. The number of halogens is 3. The minimum Gasteiger partial charge on any atom is -0.341 e. The SMILES string of the molecule is Cc1ncc(/C=N/N2CC[C@@H](N(C)C(=O)c3ccc(Cl)cc3)[C@H](c3ccc(Cl)c(Cl)c3)C2)[nH]1. The van der Waals surface area contributed by atoms with E-state index in [4.69, 9.17) is 34.8 Å². The molecule has 1 amide bonds. The van der Waals surface area contributed by atoms with Gasteiger partial charge in [0, 0.05) is 42.7 Å². The number of hydrazone groups is 1. The lowest BCUT2D eigenvalue weighted by molar-refractivity contribution is 0.0596. The van der Waals surface area contributed by atoms with Crippen LogP contribution < -0.4 is 0 Å². The first-order valence-corrected chi connectivity index (χ1v) is 11.7. The van der Waals surface area contributed by atoms with Gasteiger partial charge in [0.2, 0.25) is 0 Å². The predicted octanol–water partition coefficient (Wildman–Crippen LogP) is 5.64. The Bertz CT molecular complexity index is 1160. The van der Waals surface area contributed by atoms with Crippen molar-refractivity contribution in [3.05, 3.63) is 86.4 Å². The molecule has 2 heterocycles. The Morgan fingerprint density at radius 1 is 1.18 bits per heavy atom. The van der Waals surface area contributed by atoms with Crippen molar-refractivity contribution in [2.45, 2.75) is 25.3 Å². The third-order valence-corrected chi connectivity index (χ3v) is 6.91. The standard InChI is InChI=1S/C24H24Cl3N5O/c1-15-28-12-19(30-15)13-29-32-10-9-23(20(14-32)17-5-8-21(26)22(27)11-17)31(2)24(33)16-3-6-18(25)7-4-16/h3-8,11-13,20,23H,9-10,14H2,1-2H3,(H,28,30)/b29-13+/t20-,23+/m0/s1. The number of carbonyl (C=O) groups is 1. The first kappa shape index (κ1) is 23.6. The highest BCUT2D eigenvalue weighted by Crippen LogP contribution is 2.34. The molecule has 172 valence electrons. The Hall–Kier alpha value is -2.54. The second-order valence-electron chi connectivity index (χ2n) is 8.14. The molecule has 0 bridgehead atoms. The largest absolute Gasteiger partial charge is 0.341 e. The summed E-state index contributed by atoms with van der Waals surface area (Å²) in [4.78, 5) is 22.4. The molecule has 3 aromatic rings. The van der Waals surface area contributed by atoms with Gasteiger partial charge >= 0.3 is 0 Å². The fourth-order valence-corrected chi connectivity index (χ4v) is 4.59. The quantitative estimate of drug-likeness (QED) is 0.457. The summed E-state index contributed by atoms with van der Waals surface area (Å²) in [6, 6.07) is 12.6. The van der Waals surface area contributed by atoms with E-state index in [-0.39, 0.29) is 17.9 Å². The van der Waals surface area contributed by atoms with Crippen LogP contribution in [-0.4, -0.2) is 58.2 Å². The van der Waals surface area contributed by atoms with Crippen LogP contribution in [0.2, 0.25) is 15.1 Å². The summed E-state index contributed by atoms with van der Waals surface area (Å²) in [7, 11) is 1.85. The van der Waals surface area contributed by atoms with Crippen molar-refractivity contribution in [3.63, 3.8) is 0 Å². The summed E-state index contributed by atoms with van der Waals surface area (Å²) in [5, 5.41) is 8.26. The number of aromatic amines is 1. The molecule has 0 saturated carbocycles. The lowest BCUT2D eigenvalue weighted by Crippen LogP contribution is -2.49. The molecule has 0 aliphatic carbocycles. The van der Waals surface area contributed by atoms with Gasteiger partial charge in [-0.15, -0.1) is 0 Å². The van der Waals surface area contributed by atoms with Gasteiger partial charge in [0.25, 0.3) is 5.91 Å². The first-order valence-electron chi connectivity index (χ1n) is 10.6. The highest BCUT2D eigenvalue weighted by molar-refractivity contribution is 6.42. The van der Waals surface area contributed by atoms with Gasteiger partial charge in [0.05, 0.1) is 28.2 Å². The number of nitrogens with one attached hydrogen (secondary N) is 1. The van der Waals surface area contributed by atoms with Gasteiger partial charge in [0.15, 0.2) is 0 Å². The molecule has 0 radical (unpaired) electrons.